The maximum atomic E-state index is 12.6. The van der Waals surface area contributed by atoms with Crippen molar-refractivity contribution >= 4 is 23.5 Å². The van der Waals surface area contributed by atoms with Crippen molar-refractivity contribution in [2.24, 2.45) is 0 Å². The first kappa shape index (κ1) is 23.5. The molecule has 176 valence electrons. The standard InChI is InChI=1S/C28H25N3O4/c1-19(32)20-9-13-23(14-10-20)29-27(33)16-12-22-18-31(24-7-5-4-6-8-24)30-28(22)21-11-15-25(34-2)26(17-21)35-3/h4-18H,1-3H3,(H,29,33)/b16-12+. The average molecular weight is 468 g/mol. The number of hydrogen-bond acceptors (Lipinski definition) is 5. The Labute approximate surface area is 203 Å². The molecule has 0 aliphatic rings. The van der Waals surface area contributed by atoms with Crippen LogP contribution in [0.2, 0.25) is 0 Å². The smallest absolute Gasteiger partial charge is 0.248 e. The first-order valence-electron chi connectivity index (χ1n) is 11.0. The van der Waals surface area contributed by atoms with Crippen LogP contribution in [0.3, 0.4) is 0 Å². The second kappa shape index (κ2) is 10.5. The van der Waals surface area contributed by atoms with Crippen molar-refractivity contribution < 1.29 is 19.1 Å². The number of rotatable bonds is 8. The summed E-state index contributed by atoms with van der Waals surface area (Å²) in [6.45, 7) is 1.50. The molecule has 1 heterocycles. The third-order valence-electron chi connectivity index (χ3n) is 5.39. The van der Waals surface area contributed by atoms with E-state index in [0.29, 0.717) is 28.4 Å². The molecule has 0 spiro atoms. The number of nitrogens with zero attached hydrogens (tertiary/aromatic N) is 2. The van der Waals surface area contributed by atoms with Gasteiger partial charge in [-0.2, -0.15) is 5.10 Å². The molecule has 0 unspecified atom stereocenters. The van der Waals surface area contributed by atoms with E-state index >= 15 is 0 Å². The number of ketones is 1. The highest BCUT2D eigenvalue weighted by atomic mass is 16.5. The molecular formula is C28H25N3O4. The van der Waals surface area contributed by atoms with E-state index in [1.165, 1.54) is 13.0 Å². The molecule has 3 aromatic carbocycles. The molecule has 1 N–H and O–H groups in total. The van der Waals surface area contributed by atoms with E-state index in [1.54, 1.807) is 49.2 Å². The average Bonchev–Trinajstić information content (AvgIpc) is 3.32. The number of nitrogens with one attached hydrogen (secondary N) is 1. The lowest BCUT2D eigenvalue weighted by atomic mass is 10.1. The number of carbonyl (C=O) groups excluding carboxylic acids is 2. The monoisotopic (exact) mass is 467 g/mol. The Morgan fingerprint density at radius 2 is 1.63 bits per heavy atom. The summed E-state index contributed by atoms with van der Waals surface area (Å²) in [4.78, 5) is 24.0. The Bertz CT molecular complexity index is 1370. The zero-order valence-corrected chi connectivity index (χ0v) is 19.7. The van der Waals surface area contributed by atoms with Crippen LogP contribution in [-0.4, -0.2) is 35.7 Å². The van der Waals surface area contributed by atoms with Crippen LogP contribution < -0.4 is 14.8 Å². The van der Waals surface area contributed by atoms with Gasteiger partial charge in [-0.3, -0.25) is 9.59 Å². The highest BCUT2D eigenvalue weighted by Gasteiger charge is 2.14. The highest BCUT2D eigenvalue weighted by Crippen LogP contribution is 2.33. The van der Waals surface area contributed by atoms with Crippen molar-refractivity contribution in [1.29, 1.82) is 0 Å². The van der Waals surface area contributed by atoms with Gasteiger partial charge in [0.2, 0.25) is 5.91 Å². The number of methoxy groups -OCH3 is 2. The van der Waals surface area contributed by atoms with Crippen molar-refractivity contribution in [3.8, 4) is 28.4 Å². The van der Waals surface area contributed by atoms with E-state index in [0.717, 1.165) is 16.8 Å². The van der Waals surface area contributed by atoms with E-state index in [1.807, 2.05) is 54.7 Å². The number of benzene rings is 3. The fourth-order valence-electron chi connectivity index (χ4n) is 3.57. The third kappa shape index (κ3) is 5.47. The topological polar surface area (TPSA) is 82.5 Å². The van der Waals surface area contributed by atoms with Gasteiger partial charge in [-0.05, 0) is 67.6 Å². The number of para-hydroxylation sites is 1. The number of aromatic nitrogens is 2. The fraction of sp³-hybridized carbons (Fsp3) is 0.107. The first-order valence-corrected chi connectivity index (χ1v) is 11.0. The van der Waals surface area contributed by atoms with Gasteiger partial charge in [-0.25, -0.2) is 4.68 Å². The van der Waals surface area contributed by atoms with Crippen molar-refractivity contribution in [2.45, 2.75) is 6.92 Å². The molecule has 1 amide bonds. The van der Waals surface area contributed by atoms with E-state index in [2.05, 4.69) is 5.32 Å². The van der Waals surface area contributed by atoms with Gasteiger partial charge in [0.1, 0.15) is 5.69 Å². The molecular weight excluding hydrogens is 442 g/mol. The van der Waals surface area contributed by atoms with Crippen molar-refractivity contribution in [3.05, 3.63) is 96.2 Å². The van der Waals surface area contributed by atoms with Crippen LogP contribution >= 0.6 is 0 Å². The van der Waals surface area contributed by atoms with Crippen LogP contribution in [0.4, 0.5) is 5.69 Å². The lowest BCUT2D eigenvalue weighted by Gasteiger charge is -2.09. The summed E-state index contributed by atoms with van der Waals surface area (Å²) >= 11 is 0. The van der Waals surface area contributed by atoms with Crippen LogP contribution in [-0.2, 0) is 4.79 Å². The Morgan fingerprint density at radius 1 is 0.914 bits per heavy atom. The van der Waals surface area contributed by atoms with Crippen LogP contribution in [0.15, 0.2) is 85.1 Å². The lowest BCUT2D eigenvalue weighted by Crippen LogP contribution is -2.07. The largest absolute Gasteiger partial charge is 0.493 e. The van der Waals surface area contributed by atoms with Crippen LogP contribution in [0.1, 0.15) is 22.8 Å². The van der Waals surface area contributed by atoms with Gasteiger partial charge in [0.05, 0.1) is 19.9 Å². The minimum atomic E-state index is -0.300. The maximum absolute atomic E-state index is 12.6. The van der Waals surface area contributed by atoms with E-state index in [-0.39, 0.29) is 11.7 Å². The predicted molar refractivity (Wildman–Crippen MR) is 136 cm³/mol. The first-order chi connectivity index (χ1) is 17.0. The van der Waals surface area contributed by atoms with Crippen LogP contribution in [0, 0.1) is 0 Å². The predicted octanol–water partition coefficient (Wildman–Crippen LogP) is 5.41. The summed E-state index contributed by atoms with van der Waals surface area (Å²) in [7, 11) is 3.17. The number of amides is 1. The zero-order chi connectivity index (χ0) is 24.8. The minimum absolute atomic E-state index is 0.0270. The lowest BCUT2D eigenvalue weighted by molar-refractivity contribution is -0.111. The molecule has 0 aliphatic carbocycles. The van der Waals surface area contributed by atoms with Gasteiger partial charge >= 0.3 is 0 Å². The Morgan fingerprint density at radius 3 is 2.29 bits per heavy atom. The Kier molecular flexibility index (Phi) is 7.07. The van der Waals surface area contributed by atoms with Gasteiger partial charge in [0.15, 0.2) is 17.3 Å². The van der Waals surface area contributed by atoms with Gasteiger partial charge in [-0.15, -0.1) is 0 Å². The molecule has 7 nitrogen and oxygen atoms in total. The van der Waals surface area contributed by atoms with E-state index in [9.17, 15) is 9.59 Å². The third-order valence-corrected chi connectivity index (χ3v) is 5.39. The summed E-state index contributed by atoms with van der Waals surface area (Å²) in [6, 6.07) is 22.1. The molecule has 0 saturated carbocycles. The SMILES string of the molecule is COc1ccc(-c2nn(-c3ccccc3)cc2/C=C/C(=O)Nc2ccc(C(C)=O)cc2)cc1OC. The second-order valence-electron chi connectivity index (χ2n) is 7.74. The summed E-state index contributed by atoms with van der Waals surface area (Å²) in [5.74, 6) is 0.874. The molecule has 0 bridgehead atoms. The number of anilines is 1. The van der Waals surface area contributed by atoms with Crippen LogP contribution in [0.25, 0.3) is 23.0 Å². The molecule has 1 aromatic heterocycles. The molecule has 0 aliphatic heterocycles. The summed E-state index contributed by atoms with van der Waals surface area (Å²) < 4.78 is 12.6. The second-order valence-corrected chi connectivity index (χ2v) is 7.74. The molecule has 4 aromatic rings. The summed E-state index contributed by atoms with van der Waals surface area (Å²) in [5.41, 5.74) is 4.34. The normalized spacial score (nSPS) is 10.8. The van der Waals surface area contributed by atoms with Gasteiger partial charge in [-0.1, -0.05) is 18.2 Å². The maximum Gasteiger partial charge on any atom is 0.248 e. The highest BCUT2D eigenvalue weighted by molar-refractivity contribution is 6.02. The number of carbonyl (C=O) groups is 2. The van der Waals surface area contributed by atoms with Gasteiger partial charge in [0, 0.05) is 34.7 Å². The Hall–Kier alpha value is -4.65. The minimum Gasteiger partial charge on any atom is -0.493 e. The van der Waals surface area contributed by atoms with E-state index < -0.39 is 0 Å². The molecule has 35 heavy (non-hydrogen) atoms. The number of Topliss-reactive ketones (excluding diaryl/α,β-unsaturated/α-hetero) is 1. The zero-order valence-electron chi connectivity index (χ0n) is 19.7. The van der Waals surface area contributed by atoms with Crippen molar-refractivity contribution in [2.75, 3.05) is 19.5 Å². The molecule has 4 rings (SSSR count). The molecule has 0 fully saturated rings. The van der Waals surface area contributed by atoms with Crippen molar-refractivity contribution in [1.82, 2.24) is 9.78 Å². The summed E-state index contributed by atoms with van der Waals surface area (Å²) in [5, 5.41) is 7.58. The molecule has 7 heteroatoms. The van der Waals surface area contributed by atoms with Crippen LogP contribution in [0.5, 0.6) is 11.5 Å². The molecule has 0 saturated heterocycles. The fourth-order valence-corrected chi connectivity index (χ4v) is 3.57. The van der Waals surface area contributed by atoms with Gasteiger partial charge in [0.25, 0.3) is 0 Å². The molecule has 0 radical (unpaired) electrons. The van der Waals surface area contributed by atoms with Gasteiger partial charge < -0.3 is 14.8 Å². The summed E-state index contributed by atoms with van der Waals surface area (Å²) in [6.07, 6.45) is 5.04. The number of ether oxygens (including phenoxy) is 2. The quantitative estimate of drug-likeness (QED) is 0.277. The Balaban J connectivity index is 1.65. The molecule has 0 atom stereocenters. The van der Waals surface area contributed by atoms with E-state index in [4.69, 9.17) is 14.6 Å². The number of hydrogen-bond donors (Lipinski definition) is 1. The van der Waals surface area contributed by atoms with Crippen molar-refractivity contribution in [3.63, 3.8) is 0 Å².